The number of hydrogen-bond donors (Lipinski definition) is 3. The maximum atomic E-state index is 9.57. The van der Waals surface area contributed by atoms with Crippen molar-refractivity contribution in [1.29, 1.82) is 0 Å². The third-order valence-electron chi connectivity index (χ3n) is 3.97. The van der Waals surface area contributed by atoms with Gasteiger partial charge in [-0.1, -0.05) is 12.1 Å². The molecule has 3 rings (SSSR count). The zero-order valence-corrected chi connectivity index (χ0v) is 10.1. The van der Waals surface area contributed by atoms with E-state index < -0.39 is 0 Å². The van der Waals surface area contributed by atoms with Crippen LogP contribution in [0.3, 0.4) is 0 Å². The molecule has 3 nitrogen and oxygen atoms in total. The normalized spacial score (nSPS) is 23.5. The lowest BCUT2D eigenvalue weighted by molar-refractivity contribution is 0.338. The minimum Gasteiger partial charge on any atom is -0.508 e. The van der Waals surface area contributed by atoms with Gasteiger partial charge in [0.05, 0.1) is 0 Å². The summed E-state index contributed by atoms with van der Waals surface area (Å²) in [5, 5.41) is 16.8. The maximum Gasteiger partial charge on any atom is 0.115 e. The largest absolute Gasteiger partial charge is 0.508 e. The lowest BCUT2D eigenvalue weighted by Gasteiger charge is -2.29. The van der Waals surface area contributed by atoms with E-state index >= 15 is 0 Å². The Morgan fingerprint density at radius 2 is 2.00 bits per heavy atom. The van der Waals surface area contributed by atoms with Crippen LogP contribution in [0.1, 0.15) is 31.2 Å². The van der Waals surface area contributed by atoms with Gasteiger partial charge < -0.3 is 15.7 Å². The second-order valence-electron chi connectivity index (χ2n) is 5.30. The van der Waals surface area contributed by atoms with Crippen LogP contribution in [0.2, 0.25) is 0 Å². The highest BCUT2D eigenvalue weighted by molar-refractivity contribution is 5.36. The summed E-state index contributed by atoms with van der Waals surface area (Å²) in [4.78, 5) is 0. The van der Waals surface area contributed by atoms with Crippen molar-refractivity contribution in [2.45, 2.75) is 37.3 Å². The first-order chi connectivity index (χ1) is 8.28. The second kappa shape index (κ2) is 4.31. The Kier molecular flexibility index (Phi) is 2.81. The van der Waals surface area contributed by atoms with Crippen LogP contribution in [-0.2, 0) is 5.54 Å². The first-order valence-corrected chi connectivity index (χ1v) is 6.56. The van der Waals surface area contributed by atoms with Gasteiger partial charge in [-0.3, -0.25) is 0 Å². The zero-order chi connectivity index (χ0) is 11.7. The molecule has 0 amide bonds. The number of nitrogens with one attached hydrogen (secondary N) is 2. The van der Waals surface area contributed by atoms with Crippen molar-refractivity contribution in [2.75, 3.05) is 13.1 Å². The highest BCUT2D eigenvalue weighted by Crippen LogP contribution is 2.46. The number of aromatic hydroxyl groups is 1. The molecular weight excluding hydrogens is 212 g/mol. The Labute approximate surface area is 102 Å². The van der Waals surface area contributed by atoms with E-state index in [9.17, 15) is 5.11 Å². The molecule has 1 aromatic carbocycles. The smallest absolute Gasteiger partial charge is 0.115 e. The zero-order valence-electron chi connectivity index (χ0n) is 10.1. The van der Waals surface area contributed by atoms with E-state index in [4.69, 9.17) is 0 Å². The SMILES string of the molecule is Oc1cccc(C2(NC3CCNCC3)CC2)c1. The van der Waals surface area contributed by atoms with Crippen molar-refractivity contribution >= 4 is 0 Å². The van der Waals surface area contributed by atoms with Gasteiger partial charge in [0.15, 0.2) is 0 Å². The molecule has 1 aromatic rings. The molecule has 1 saturated heterocycles. The van der Waals surface area contributed by atoms with Crippen molar-refractivity contribution in [3.63, 3.8) is 0 Å². The summed E-state index contributed by atoms with van der Waals surface area (Å²) in [7, 11) is 0. The minimum atomic E-state index is 0.154. The Balaban J connectivity index is 1.73. The van der Waals surface area contributed by atoms with Crippen LogP contribution < -0.4 is 10.6 Å². The van der Waals surface area contributed by atoms with E-state index in [-0.39, 0.29) is 5.54 Å². The molecule has 0 unspecified atom stereocenters. The van der Waals surface area contributed by atoms with E-state index in [1.54, 1.807) is 6.07 Å². The molecule has 1 heterocycles. The first kappa shape index (κ1) is 11.1. The molecular formula is C14H20N2O. The van der Waals surface area contributed by atoms with Crippen LogP contribution in [-0.4, -0.2) is 24.2 Å². The number of hydrogen-bond acceptors (Lipinski definition) is 3. The molecule has 17 heavy (non-hydrogen) atoms. The Morgan fingerprint density at radius 1 is 1.24 bits per heavy atom. The standard InChI is InChI=1S/C14H20N2O/c17-13-3-1-2-11(10-13)14(6-7-14)16-12-4-8-15-9-5-12/h1-3,10,12,15-17H,4-9H2. The summed E-state index contributed by atoms with van der Waals surface area (Å²) >= 11 is 0. The molecule has 1 aliphatic heterocycles. The van der Waals surface area contributed by atoms with Crippen LogP contribution in [0.5, 0.6) is 5.75 Å². The molecule has 1 saturated carbocycles. The monoisotopic (exact) mass is 232 g/mol. The number of benzene rings is 1. The van der Waals surface area contributed by atoms with Gasteiger partial charge in [-0.25, -0.2) is 0 Å². The van der Waals surface area contributed by atoms with Crippen LogP contribution in [0.15, 0.2) is 24.3 Å². The van der Waals surface area contributed by atoms with E-state index in [0.717, 1.165) is 13.1 Å². The maximum absolute atomic E-state index is 9.57. The Morgan fingerprint density at radius 3 is 2.65 bits per heavy atom. The highest BCUT2D eigenvalue weighted by Gasteiger charge is 2.45. The summed E-state index contributed by atoms with van der Waals surface area (Å²) in [5.41, 5.74) is 1.40. The van der Waals surface area contributed by atoms with Gasteiger partial charge >= 0.3 is 0 Å². The van der Waals surface area contributed by atoms with Gasteiger partial charge in [0.25, 0.3) is 0 Å². The topological polar surface area (TPSA) is 44.3 Å². The van der Waals surface area contributed by atoms with E-state index in [2.05, 4.69) is 16.7 Å². The van der Waals surface area contributed by atoms with E-state index in [0.29, 0.717) is 11.8 Å². The summed E-state index contributed by atoms with van der Waals surface area (Å²) < 4.78 is 0. The van der Waals surface area contributed by atoms with Gasteiger partial charge in [0.1, 0.15) is 5.75 Å². The van der Waals surface area contributed by atoms with Crippen molar-refractivity contribution in [3.8, 4) is 5.75 Å². The predicted molar refractivity (Wildman–Crippen MR) is 68.0 cm³/mol. The average molecular weight is 232 g/mol. The third-order valence-corrected chi connectivity index (χ3v) is 3.97. The summed E-state index contributed by atoms with van der Waals surface area (Å²) in [6, 6.07) is 8.34. The fourth-order valence-electron chi connectivity index (χ4n) is 2.80. The van der Waals surface area contributed by atoms with Gasteiger partial charge in [0, 0.05) is 11.6 Å². The lowest BCUT2D eigenvalue weighted by atomic mass is 10.00. The average Bonchev–Trinajstić information content (AvgIpc) is 3.11. The number of phenols is 1. The predicted octanol–water partition coefficient (Wildman–Crippen LogP) is 1.72. The van der Waals surface area contributed by atoms with E-state index in [1.165, 1.54) is 31.2 Å². The molecule has 0 radical (unpaired) electrons. The molecule has 3 N–H and O–H groups in total. The fraction of sp³-hybridized carbons (Fsp3) is 0.571. The number of piperidine rings is 1. The van der Waals surface area contributed by atoms with Gasteiger partial charge in [0.2, 0.25) is 0 Å². The molecule has 0 atom stereocenters. The van der Waals surface area contributed by atoms with Crippen LogP contribution in [0.4, 0.5) is 0 Å². The number of rotatable bonds is 3. The Hall–Kier alpha value is -1.06. The molecule has 0 spiro atoms. The number of phenolic OH excluding ortho intramolecular Hbond substituents is 1. The third kappa shape index (κ3) is 2.31. The van der Waals surface area contributed by atoms with Gasteiger partial charge in [-0.15, -0.1) is 0 Å². The van der Waals surface area contributed by atoms with E-state index in [1.807, 2.05) is 12.1 Å². The molecule has 0 aromatic heterocycles. The molecule has 2 fully saturated rings. The molecule has 0 bridgehead atoms. The summed E-state index contributed by atoms with van der Waals surface area (Å²) in [6.45, 7) is 2.24. The van der Waals surface area contributed by atoms with Crippen molar-refractivity contribution in [3.05, 3.63) is 29.8 Å². The lowest BCUT2D eigenvalue weighted by Crippen LogP contribution is -2.44. The first-order valence-electron chi connectivity index (χ1n) is 6.56. The van der Waals surface area contributed by atoms with Gasteiger partial charge in [-0.2, -0.15) is 0 Å². The van der Waals surface area contributed by atoms with Crippen LogP contribution in [0, 0.1) is 0 Å². The molecule has 92 valence electrons. The minimum absolute atomic E-state index is 0.154. The van der Waals surface area contributed by atoms with Crippen LogP contribution in [0.25, 0.3) is 0 Å². The van der Waals surface area contributed by atoms with Crippen molar-refractivity contribution in [2.24, 2.45) is 0 Å². The van der Waals surface area contributed by atoms with Crippen LogP contribution >= 0.6 is 0 Å². The van der Waals surface area contributed by atoms with Crippen molar-refractivity contribution in [1.82, 2.24) is 10.6 Å². The molecule has 1 aliphatic carbocycles. The molecule has 3 heteroatoms. The Bertz CT molecular complexity index is 395. The fourth-order valence-corrected chi connectivity index (χ4v) is 2.80. The molecule has 2 aliphatic rings. The van der Waals surface area contributed by atoms with Gasteiger partial charge in [-0.05, 0) is 56.5 Å². The summed E-state index contributed by atoms with van der Waals surface area (Å²) in [6.07, 6.45) is 4.81. The van der Waals surface area contributed by atoms with Crippen molar-refractivity contribution < 1.29 is 5.11 Å². The summed E-state index contributed by atoms with van der Waals surface area (Å²) in [5.74, 6) is 0.376. The highest BCUT2D eigenvalue weighted by atomic mass is 16.3. The quantitative estimate of drug-likeness (QED) is 0.743. The second-order valence-corrected chi connectivity index (χ2v) is 5.30.